The van der Waals surface area contributed by atoms with E-state index in [0.29, 0.717) is 0 Å². The zero-order valence-electron chi connectivity index (χ0n) is 26.4. The molecular weight excluding hydrogens is 574 g/mol. The second kappa shape index (κ2) is 12.0. The Kier molecular flexibility index (Phi) is 7.28. The van der Waals surface area contributed by atoms with Crippen LogP contribution in [-0.4, -0.2) is 18.8 Å². The van der Waals surface area contributed by atoms with Crippen LogP contribution in [0.25, 0.3) is 72.0 Å². The molecule has 0 amide bonds. The molecular formula is C44H33NO2. The normalized spacial score (nSPS) is 11.2. The molecule has 0 saturated heterocycles. The second-order valence-electron chi connectivity index (χ2n) is 11.7. The quantitative estimate of drug-likeness (QED) is 0.180. The molecule has 0 spiro atoms. The average Bonchev–Trinajstić information content (AvgIpc) is 3.48. The molecule has 0 aliphatic carbocycles. The molecule has 226 valence electrons. The minimum absolute atomic E-state index is 0.841. The maximum atomic E-state index is 5.64. The summed E-state index contributed by atoms with van der Waals surface area (Å²) in [7, 11) is 3.44. The minimum atomic E-state index is 0.841. The van der Waals surface area contributed by atoms with Crippen LogP contribution in [0.5, 0.6) is 11.5 Å². The molecule has 3 heteroatoms. The lowest BCUT2D eigenvalue weighted by Crippen LogP contribution is -1.94. The van der Waals surface area contributed by atoms with Crippen molar-refractivity contribution < 1.29 is 9.47 Å². The van der Waals surface area contributed by atoms with E-state index in [9.17, 15) is 0 Å². The van der Waals surface area contributed by atoms with Crippen LogP contribution in [-0.2, 0) is 0 Å². The summed E-state index contributed by atoms with van der Waals surface area (Å²) in [5.41, 5.74) is 12.7. The van der Waals surface area contributed by atoms with Gasteiger partial charge < -0.3 is 14.0 Å². The van der Waals surface area contributed by atoms with Gasteiger partial charge in [-0.3, -0.25) is 0 Å². The van der Waals surface area contributed by atoms with E-state index >= 15 is 0 Å². The van der Waals surface area contributed by atoms with Crippen molar-refractivity contribution >= 4 is 21.8 Å². The minimum Gasteiger partial charge on any atom is -0.497 e. The highest BCUT2D eigenvalue weighted by Gasteiger charge is 2.18. The number of aromatic nitrogens is 1. The lowest BCUT2D eigenvalue weighted by Gasteiger charge is -2.14. The number of para-hydroxylation sites is 1. The second-order valence-corrected chi connectivity index (χ2v) is 11.7. The number of methoxy groups -OCH3 is 2. The van der Waals surface area contributed by atoms with E-state index in [0.717, 1.165) is 72.7 Å². The number of hydrogen-bond donors (Lipinski definition) is 0. The Bertz CT molecular complexity index is 2210. The number of benzene rings is 7. The molecule has 0 saturated carbocycles. The highest BCUT2D eigenvalue weighted by Crippen LogP contribution is 2.41. The zero-order valence-corrected chi connectivity index (χ0v) is 26.4. The molecule has 0 unspecified atom stereocenters. The fourth-order valence-corrected chi connectivity index (χ4v) is 6.73. The molecule has 8 aromatic rings. The summed E-state index contributed by atoms with van der Waals surface area (Å²) < 4.78 is 13.7. The van der Waals surface area contributed by atoms with Gasteiger partial charge >= 0.3 is 0 Å². The average molecular weight is 608 g/mol. The van der Waals surface area contributed by atoms with Crippen molar-refractivity contribution in [2.75, 3.05) is 14.2 Å². The van der Waals surface area contributed by atoms with Gasteiger partial charge in [0.05, 0.1) is 25.3 Å². The molecule has 0 aliphatic rings. The molecule has 0 radical (unpaired) electrons. The molecule has 7 aromatic carbocycles. The Hall–Kier alpha value is -6.06. The van der Waals surface area contributed by atoms with Crippen LogP contribution in [0.1, 0.15) is 0 Å². The number of ether oxygens (including phenoxy) is 2. The van der Waals surface area contributed by atoms with Crippen molar-refractivity contribution in [1.82, 2.24) is 4.57 Å². The fourth-order valence-electron chi connectivity index (χ4n) is 6.73. The van der Waals surface area contributed by atoms with Gasteiger partial charge in [0.2, 0.25) is 0 Å². The predicted molar refractivity (Wildman–Crippen MR) is 196 cm³/mol. The zero-order chi connectivity index (χ0) is 31.7. The summed E-state index contributed by atoms with van der Waals surface area (Å²) >= 11 is 0. The first-order valence-electron chi connectivity index (χ1n) is 15.8. The Morgan fingerprint density at radius 3 is 1.21 bits per heavy atom. The third-order valence-electron chi connectivity index (χ3n) is 9.03. The van der Waals surface area contributed by atoms with Gasteiger partial charge in [0.15, 0.2) is 0 Å². The maximum Gasteiger partial charge on any atom is 0.119 e. The topological polar surface area (TPSA) is 23.4 Å². The molecule has 47 heavy (non-hydrogen) atoms. The molecule has 0 bridgehead atoms. The molecule has 0 aliphatic heterocycles. The smallest absolute Gasteiger partial charge is 0.119 e. The predicted octanol–water partition coefficient (Wildman–Crippen LogP) is 11.5. The Morgan fingerprint density at radius 1 is 0.362 bits per heavy atom. The summed E-state index contributed by atoms with van der Waals surface area (Å²) in [5, 5.41) is 2.43. The Balaban J connectivity index is 1.37. The number of fused-ring (bicyclic) bond motifs is 3. The standard InChI is InChI=1S/C44H33NO2/c1-46-35-20-24-37(41(28-35)30-12-6-3-7-13-30)32-18-22-39-40-23-19-33(27-44(40)45(43(39)26-32)34-16-10-5-11-17-34)38-25-21-36(47-2)29-42(38)31-14-8-4-9-15-31/h3-29H,1-2H3. The molecule has 3 nitrogen and oxygen atoms in total. The third-order valence-corrected chi connectivity index (χ3v) is 9.03. The van der Waals surface area contributed by atoms with Crippen LogP contribution in [0.2, 0.25) is 0 Å². The van der Waals surface area contributed by atoms with Crippen LogP contribution in [0, 0.1) is 0 Å². The highest BCUT2D eigenvalue weighted by molar-refractivity contribution is 6.11. The van der Waals surface area contributed by atoms with E-state index in [-0.39, 0.29) is 0 Å². The molecule has 0 fully saturated rings. The molecule has 8 rings (SSSR count). The largest absolute Gasteiger partial charge is 0.497 e. The molecule has 1 heterocycles. The monoisotopic (exact) mass is 607 g/mol. The SMILES string of the molecule is COc1ccc(-c2ccc3c4ccc(-c5ccc(OC)cc5-c5ccccc5)cc4n(-c4ccccc4)c3c2)c(-c2ccccc2)c1. The van der Waals surface area contributed by atoms with E-state index in [1.54, 1.807) is 14.2 Å². The van der Waals surface area contributed by atoms with Crippen molar-refractivity contribution in [2.45, 2.75) is 0 Å². The molecule has 0 N–H and O–H groups in total. The first-order chi connectivity index (χ1) is 23.2. The first-order valence-corrected chi connectivity index (χ1v) is 15.8. The lowest BCUT2D eigenvalue weighted by atomic mass is 9.93. The van der Waals surface area contributed by atoms with Gasteiger partial charge in [0.25, 0.3) is 0 Å². The Labute approximate surface area is 274 Å². The molecule has 1 aromatic heterocycles. The number of rotatable bonds is 7. The van der Waals surface area contributed by atoms with Gasteiger partial charge in [-0.2, -0.15) is 0 Å². The van der Waals surface area contributed by atoms with E-state index in [2.05, 4.69) is 156 Å². The van der Waals surface area contributed by atoms with Crippen molar-refractivity contribution in [3.05, 3.63) is 164 Å². The number of hydrogen-bond acceptors (Lipinski definition) is 2. The van der Waals surface area contributed by atoms with Crippen LogP contribution >= 0.6 is 0 Å². The first kappa shape index (κ1) is 28.4. The van der Waals surface area contributed by atoms with Crippen LogP contribution in [0.4, 0.5) is 0 Å². The summed E-state index contributed by atoms with van der Waals surface area (Å²) in [4.78, 5) is 0. The van der Waals surface area contributed by atoms with Gasteiger partial charge in [0, 0.05) is 16.5 Å². The van der Waals surface area contributed by atoms with Gasteiger partial charge in [0.1, 0.15) is 11.5 Å². The van der Waals surface area contributed by atoms with Gasteiger partial charge in [-0.15, -0.1) is 0 Å². The number of nitrogens with zero attached hydrogens (tertiary/aromatic N) is 1. The fraction of sp³-hybridized carbons (Fsp3) is 0.0455. The third kappa shape index (κ3) is 5.12. The van der Waals surface area contributed by atoms with E-state index in [1.807, 2.05) is 12.1 Å². The van der Waals surface area contributed by atoms with E-state index < -0.39 is 0 Å². The Morgan fingerprint density at radius 2 is 0.787 bits per heavy atom. The van der Waals surface area contributed by atoms with Crippen LogP contribution < -0.4 is 9.47 Å². The summed E-state index contributed by atoms with van der Waals surface area (Å²) in [6.45, 7) is 0. The van der Waals surface area contributed by atoms with E-state index in [1.165, 1.54) is 10.8 Å². The van der Waals surface area contributed by atoms with Crippen molar-refractivity contribution in [3.8, 4) is 61.7 Å². The van der Waals surface area contributed by atoms with Crippen molar-refractivity contribution in [1.29, 1.82) is 0 Å². The van der Waals surface area contributed by atoms with Gasteiger partial charge in [-0.1, -0.05) is 115 Å². The van der Waals surface area contributed by atoms with Crippen molar-refractivity contribution in [2.24, 2.45) is 0 Å². The highest BCUT2D eigenvalue weighted by atomic mass is 16.5. The summed E-state index contributed by atoms with van der Waals surface area (Å²) in [5.74, 6) is 1.68. The summed E-state index contributed by atoms with van der Waals surface area (Å²) in [6, 6.07) is 58.1. The molecule has 0 atom stereocenters. The van der Waals surface area contributed by atoms with Crippen LogP contribution in [0.3, 0.4) is 0 Å². The lowest BCUT2D eigenvalue weighted by molar-refractivity contribution is 0.415. The van der Waals surface area contributed by atoms with E-state index in [4.69, 9.17) is 9.47 Å². The van der Waals surface area contributed by atoms with Gasteiger partial charge in [-0.25, -0.2) is 0 Å². The van der Waals surface area contributed by atoms with Crippen molar-refractivity contribution in [3.63, 3.8) is 0 Å². The maximum absolute atomic E-state index is 5.64. The summed E-state index contributed by atoms with van der Waals surface area (Å²) in [6.07, 6.45) is 0. The van der Waals surface area contributed by atoms with Gasteiger partial charge in [-0.05, 0) is 93.0 Å². The van der Waals surface area contributed by atoms with Crippen LogP contribution in [0.15, 0.2) is 164 Å².